The van der Waals surface area contributed by atoms with Gasteiger partial charge in [0.2, 0.25) is 0 Å². The number of rotatable bonds is 7. The van der Waals surface area contributed by atoms with Crippen molar-refractivity contribution in [3.8, 4) is 0 Å². The maximum Gasteiger partial charge on any atom is 0.304 e. The summed E-state index contributed by atoms with van der Waals surface area (Å²) in [5.41, 5.74) is 0. The molecular weight excluding hydrogens is 226 g/mol. The molecule has 106 valence electrons. The lowest BCUT2D eigenvalue weighted by atomic mass is 9.82. The monoisotopic (exact) mass is 255 g/mol. The second kappa shape index (κ2) is 7.78. The Morgan fingerprint density at radius 1 is 1.28 bits per heavy atom. The second-order valence-corrected chi connectivity index (χ2v) is 5.74. The SMILES string of the molecule is CCCC1CCC(N(CC)C(C)CC(=O)O)CC1. The summed E-state index contributed by atoms with van der Waals surface area (Å²) in [4.78, 5) is 13.2. The minimum absolute atomic E-state index is 0.167. The summed E-state index contributed by atoms with van der Waals surface area (Å²) in [7, 11) is 0. The van der Waals surface area contributed by atoms with E-state index in [4.69, 9.17) is 5.11 Å². The van der Waals surface area contributed by atoms with Gasteiger partial charge in [0.15, 0.2) is 0 Å². The molecule has 1 saturated carbocycles. The van der Waals surface area contributed by atoms with Crippen LogP contribution in [-0.4, -0.2) is 34.6 Å². The molecule has 1 N–H and O–H groups in total. The van der Waals surface area contributed by atoms with Crippen LogP contribution in [0.5, 0.6) is 0 Å². The van der Waals surface area contributed by atoms with Gasteiger partial charge in [-0.3, -0.25) is 9.69 Å². The lowest BCUT2D eigenvalue weighted by Gasteiger charge is -2.39. The molecule has 0 spiro atoms. The van der Waals surface area contributed by atoms with Crippen LogP contribution in [0.25, 0.3) is 0 Å². The van der Waals surface area contributed by atoms with E-state index in [2.05, 4.69) is 25.7 Å². The van der Waals surface area contributed by atoms with Gasteiger partial charge in [-0.1, -0.05) is 26.7 Å². The first kappa shape index (κ1) is 15.5. The van der Waals surface area contributed by atoms with Crippen molar-refractivity contribution in [3.63, 3.8) is 0 Å². The van der Waals surface area contributed by atoms with Crippen molar-refractivity contribution in [3.05, 3.63) is 0 Å². The average Bonchev–Trinajstić information content (AvgIpc) is 2.31. The number of carboxylic acid groups (broad SMARTS) is 1. The van der Waals surface area contributed by atoms with Crippen molar-refractivity contribution in [1.29, 1.82) is 0 Å². The highest BCUT2D eigenvalue weighted by atomic mass is 16.4. The summed E-state index contributed by atoms with van der Waals surface area (Å²) in [6.07, 6.45) is 8.09. The average molecular weight is 255 g/mol. The number of carboxylic acids is 1. The summed E-state index contributed by atoms with van der Waals surface area (Å²) in [5, 5.41) is 8.91. The van der Waals surface area contributed by atoms with Gasteiger partial charge < -0.3 is 5.11 Å². The van der Waals surface area contributed by atoms with Gasteiger partial charge in [-0.25, -0.2) is 0 Å². The van der Waals surface area contributed by atoms with Crippen molar-refractivity contribution < 1.29 is 9.90 Å². The van der Waals surface area contributed by atoms with Crippen LogP contribution < -0.4 is 0 Å². The Bertz CT molecular complexity index is 247. The fourth-order valence-electron chi connectivity index (χ4n) is 3.47. The van der Waals surface area contributed by atoms with Crippen molar-refractivity contribution in [1.82, 2.24) is 4.90 Å². The molecule has 1 unspecified atom stereocenters. The van der Waals surface area contributed by atoms with Crippen LogP contribution in [0.15, 0.2) is 0 Å². The molecule has 0 radical (unpaired) electrons. The van der Waals surface area contributed by atoms with E-state index in [9.17, 15) is 4.79 Å². The summed E-state index contributed by atoms with van der Waals surface area (Å²) in [5.74, 6) is 0.236. The second-order valence-electron chi connectivity index (χ2n) is 5.74. The first-order chi connectivity index (χ1) is 8.58. The molecule has 3 heteroatoms. The number of nitrogens with zero attached hydrogens (tertiary/aromatic N) is 1. The normalized spacial score (nSPS) is 26.2. The fourth-order valence-corrected chi connectivity index (χ4v) is 3.47. The molecule has 0 bridgehead atoms. The van der Waals surface area contributed by atoms with Crippen LogP contribution >= 0.6 is 0 Å². The van der Waals surface area contributed by atoms with Crippen LogP contribution in [0.2, 0.25) is 0 Å². The lowest BCUT2D eigenvalue weighted by Crippen LogP contribution is -2.44. The van der Waals surface area contributed by atoms with Gasteiger partial charge in [0.05, 0.1) is 6.42 Å². The van der Waals surface area contributed by atoms with E-state index in [0.717, 1.165) is 12.5 Å². The molecule has 0 aromatic rings. The number of carbonyl (C=O) groups is 1. The van der Waals surface area contributed by atoms with Gasteiger partial charge in [0, 0.05) is 12.1 Å². The highest BCUT2D eigenvalue weighted by Gasteiger charge is 2.28. The third-order valence-electron chi connectivity index (χ3n) is 4.38. The summed E-state index contributed by atoms with van der Waals surface area (Å²) >= 11 is 0. The maximum absolute atomic E-state index is 10.8. The van der Waals surface area contributed by atoms with Gasteiger partial charge in [-0.05, 0) is 45.1 Å². The third-order valence-corrected chi connectivity index (χ3v) is 4.38. The number of hydrogen-bond acceptors (Lipinski definition) is 2. The Hall–Kier alpha value is -0.570. The van der Waals surface area contributed by atoms with Gasteiger partial charge >= 0.3 is 5.97 Å². The molecule has 1 aliphatic rings. The molecule has 0 amide bonds. The zero-order valence-corrected chi connectivity index (χ0v) is 12.2. The van der Waals surface area contributed by atoms with E-state index in [0.29, 0.717) is 6.04 Å². The minimum atomic E-state index is -0.680. The molecule has 3 nitrogen and oxygen atoms in total. The highest BCUT2D eigenvalue weighted by Crippen LogP contribution is 2.31. The van der Waals surface area contributed by atoms with Crippen LogP contribution in [0.3, 0.4) is 0 Å². The smallest absolute Gasteiger partial charge is 0.304 e. The molecule has 1 aliphatic carbocycles. The number of aliphatic carboxylic acids is 1. The van der Waals surface area contributed by atoms with Crippen molar-refractivity contribution >= 4 is 5.97 Å². The van der Waals surface area contributed by atoms with Crippen molar-refractivity contribution in [2.45, 2.75) is 77.8 Å². The quantitative estimate of drug-likeness (QED) is 0.756. The molecule has 1 fully saturated rings. The standard InChI is InChI=1S/C15H29NO2/c1-4-6-13-7-9-14(10-8-13)16(5-2)12(3)11-15(17)18/h12-14H,4-11H2,1-3H3,(H,17,18). The van der Waals surface area contributed by atoms with Crippen LogP contribution in [0.4, 0.5) is 0 Å². The zero-order chi connectivity index (χ0) is 13.5. The predicted molar refractivity (Wildman–Crippen MR) is 74.7 cm³/mol. The fraction of sp³-hybridized carbons (Fsp3) is 0.933. The van der Waals surface area contributed by atoms with Crippen LogP contribution in [0.1, 0.15) is 65.7 Å². The molecule has 0 aliphatic heterocycles. The van der Waals surface area contributed by atoms with Gasteiger partial charge in [-0.2, -0.15) is 0 Å². The number of hydrogen-bond donors (Lipinski definition) is 1. The molecule has 1 rings (SSSR count). The summed E-state index contributed by atoms with van der Waals surface area (Å²) in [6.45, 7) is 7.43. The Morgan fingerprint density at radius 3 is 2.33 bits per heavy atom. The summed E-state index contributed by atoms with van der Waals surface area (Å²) < 4.78 is 0. The van der Waals surface area contributed by atoms with E-state index in [1.165, 1.54) is 38.5 Å². The largest absolute Gasteiger partial charge is 0.481 e. The third kappa shape index (κ3) is 4.60. The predicted octanol–water partition coefficient (Wildman–Crippen LogP) is 3.53. The molecule has 0 saturated heterocycles. The maximum atomic E-state index is 10.8. The Morgan fingerprint density at radius 2 is 1.89 bits per heavy atom. The van der Waals surface area contributed by atoms with Crippen LogP contribution in [-0.2, 0) is 4.79 Å². The molecular formula is C15H29NO2. The van der Waals surface area contributed by atoms with Gasteiger partial charge in [-0.15, -0.1) is 0 Å². The van der Waals surface area contributed by atoms with E-state index >= 15 is 0 Å². The van der Waals surface area contributed by atoms with Gasteiger partial charge in [0.25, 0.3) is 0 Å². The van der Waals surface area contributed by atoms with E-state index in [1.807, 2.05) is 0 Å². The minimum Gasteiger partial charge on any atom is -0.481 e. The molecule has 0 aromatic heterocycles. The molecule has 1 atom stereocenters. The first-order valence-electron chi connectivity index (χ1n) is 7.55. The topological polar surface area (TPSA) is 40.5 Å². The van der Waals surface area contributed by atoms with E-state index < -0.39 is 5.97 Å². The first-order valence-corrected chi connectivity index (χ1v) is 7.55. The molecule has 18 heavy (non-hydrogen) atoms. The molecule has 0 heterocycles. The van der Waals surface area contributed by atoms with Crippen molar-refractivity contribution in [2.75, 3.05) is 6.54 Å². The van der Waals surface area contributed by atoms with E-state index in [1.54, 1.807) is 0 Å². The Balaban J connectivity index is 2.44. The zero-order valence-electron chi connectivity index (χ0n) is 12.2. The van der Waals surface area contributed by atoms with Gasteiger partial charge in [0.1, 0.15) is 0 Å². The lowest BCUT2D eigenvalue weighted by molar-refractivity contribution is -0.138. The van der Waals surface area contributed by atoms with Crippen molar-refractivity contribution in [2.24, 2.45) is 5.92 Å². The summed E-state index contributed by atoms with van der Waals surface area (Å²) in [6, 6.07) is 0.776. The molecule has 0 aromatic carbocycles. The Labute approximate surface area is 112 Å². The van der Waals surface area contributed by atoms with E-state index in [-0.39, 0.29) is 12.5 Å². The highest BCUT2D eigenvalue weighted by molar-refractivity contribution is 5.67. The Kier molecular flexibility index (Phi) is 6.69. The van der Waals surface area contributed by atoms with Crippen LogP contribution in [0, 0.1) is 5.92 Å².